The second-order valence-electron chi connectivity index (χ2n) is 4.86. The molecule has 1 aromatic carbocycles. The predicted octanol–water partition coefficient (Wildman–Crippen LogP) is 1.38. The molecule has 0 fully saturated rings. The molecular formula is C14H19NO5S. The summed E-state index contributed by atoms with van der Waals surface area (Å²) >= 11 is 0. The van der Waals surface area contributed by atoms with Gasteiger partial charge in [0.25, 0.3) is 5.91 Å². The highest BCUT2D eigenvalue weighted by Crippen LogP contribution is 2.15. The van der Waals surface area contributed by atoms with Gasteiger partial charge in [0.15, 0.2) is 9.84 Å². The number of carbonyl (C=O) groups excluding carboxylic acids is 1. The number of rotatable bonds is 7. The van der Waals surface area contributed by atoms with Crippen LogP contribution in [-0.4, -0.2) is 38.2 Å². The number of benzene rings is 1. The fraction of sp³-hybridized carbons (Fsp3) is 0.429. The average Bonchev–Trinajstić information content (AvgIpc) is 2.36. The van der Waals surface area contributed by atoms with Crippen LogP contribution < -0.4 is 5.32 Å². The monoisotopic (exact) mass is 313 g/mol. The first-order valence-corrected chi connectivity index (χ1v) is 8.41. The number of carboxylic acid groups (broad SMARTS) is 1. The Balaban J connectivity index is 2.68. The van der Waals surface area contributed by atoms with Crippen molar-refractivity contribution in [3.05, 3.63) is 29.3 Å². The summed E-state index contributed by atoms with van der Waals surface area (Å²) in [7, 11) is -3.36. The summed E-state index contributed by atoms with van der Waals surface area (Å²) in [4.78, 5) is 22.5. The molecule has 0 heterocycles. The smallest absolute Gasteiger partial charge is 0.303 e. The lowest BCUT2D eigenvalue weighted by Crippen LogP contribution is -2.25. The molecule has 0 unspecified atom stereocenters. The van der Waals surface area contributed by atoms with Gasteiger partial charge in [-0.15, -0.1) is 0 Å². The highest BCUT2D eigenvalue weighted by Gasteiger charge is 2.14. The molecule has 2 N–H and O–H groups in total. The van der Waals surface area contributed by atoms with E-state index in [9.17, 15) is 18.0 Å². The number of aryl methyl sites for hydroxylation is 1. The molecule has 0 aliphatic carbocycles. The maximum absolute atomic E-state index is 12.0. The molecular weight excluding hydrogens is 294 g/mol. The minimum Gasteiger partial charge on any atom is -0.481 e. The second-order valence-corrected chi connectivity index (χ2v) is 6.87. The number of hydrogen-bond acceptors (Lipinski definition) is 4. The van der Waals surface area contributed by atoms with Crippen LogP contribution in [0.4, 0.5) is 0 Å². The fourth-order valence-electron chi connectivity index (χ4n) is 1.77. The Kier molecular flexibility index (Phi) is 5.90. The summed E-state index contributed by atoms with van der Waals surface area (Å²) in [6.45, 7) is 2.08. The zero-order valence-corrected chi connectivity index (χ0v) is 12.9. The van der Waals surface area contributed by atoms with Crippen molar-refractivity contribution in [3.8, 4) is 0 Å². The molecule has 0 radical (unpaired) electrons. The van der Waals surface area contributed by atoms with Gasteiger partial charge in [0, 0.05) is 24.8 Å². The third-order valence-electron chi connectivity index (χ3n) is 2.98. The van der Waals surface area contributed by atoms with E-state index in [1.807, 2.05) is 0 Å². The Morgan fingerprint density at radius 2 is 1.90 bits per heavy atom. The zero-order chi connectivity index (χ0) is 16.0. The van der Waals surface area contributed by atoms with E-state index in [-0.39, 0.29) is 17.2 Å². The molecule has 21 heavy (non-hydrogen) atoms. The normalized spacial score (nSPS) is 11.1. The highest BCUT2D eigenvalue weighted by molar-refractivity contribution is 7.90. The van der Waals surface area contributed by atoms with Gasteiger partial charge in [-0.3, -0.25) is 9.59 Å². The van der Waals surface area contributed by atoms with Crippen LogP contribution in [0.2, 0.25) is 0 Å². The van der Waals surface area contributed by atoms with Crippen LogP contribution in [-0.2, 0) is 14.6 Å². The van der Waals surface area contributed by atoms with Crippen molar-refractivity contribution < 1.29 is 23.1 Å². The number of amides is 1. The lowest BCUT2D eigenvalue weighted by atomic mass is 10.1. The maximum atomic E-state index is 12.0. The van der Waals surface area contributed by atoms with Gasteiger partial charge in [-0.1, -0.05) is 6.07 Å². The SMILES string of the molecule is Cc1ccc(S(C)(=O)=O)cc1C(=O)NCCCCC(=O)O. The maximum Gasteiger partial charge on any atom is 0.303 e. The Hall–Kier alpha value is -1.89. The van der Waals surface area contributed by atoms with Gasteiger partial charge in [-0.2, -0.15) is 0 Å². The number of aliphatic carboxylic acids is 1. The highest BCUT2D eigenvalue weighted by atomic mass is 32.2. The molecule has 0 saturated carbocycles. The molecule has 116 valence electrons. The largest absolute Gasteiger partial charge is 0.481 e. The van der Waals surface area contributed by atoms with Gasteiger partial charge >= 0.3 is 5.97 Å². The van der Waals surface area contributed by atoms with E-state index in [0.29, 0.717) is 30.5 Å². The lowest BCUT2D eigenvalue weighted by Gasteiger charge is -2.09. The van der Waals surface area contributed by atoms with Crippen LogP contribution in [0.5, 0.6) is 0 Å². The molecule has 0 aromatic heterocycles. The average molecular weight is 313 g/mol. The van der Waals surface area contributed by atoms with Crippen LogP contribution in [0.15, 0.2) is 23.1 Å². The molecule has 0 saturated heterocycles. The van der Waals surface area contributed by atoms with E-state index in [2.05, 4.69) is 5.32 Å². The topological polar surface area (TPSA) is 101 Å². The van der Waals surface area contributed by atoms with Crippen molar-refractivity contribution in [2.45, 2.75) is 31.1 Å². The van der Waals surface area contributed by atoms with E-state index in [1.165, 1.54) is 12.1 Å². The Morgan fingerprint density at radius 3 is 2.48 bits per heavy atom. The quantitative estimate of drug-likeness (QED) is 0.741. The molecule has 7 heteroatoms. The van der Waals surface area contributed by atoms with E-state index in [1.54, 1.807) is 13.0 Å². The van der Waals surface area contributed by atoms with Crippen molar-refractivity contribution in [3.63, 3.8) is 0 Å². The van der Waals surface area contributed by atoms with E-state index in [0.717, 1.165) is 6.26 Å². The Labute approximate surface area is 124 Å². The summed E-state index contributed by atoms with van der Waals surface area (Å²) in [5.41, 5.74) is 1.00. The van der Waals surface area contributed by atoms with Crippen molar-refractivity contribution in [2.24, 2.45) is 0 Å². The van der Waals surface area contributed by atoms with Gasteiger partial charge in [-0.05, 0) is 37.5 Å². The van der Waals surface area contributed by atoms with Crippen molar-refractivity contribution in [1.82, 2.24) is 5.32 Å². The number of hydrogen-bond donors (Lipinski definition) is 2. The molecule has 0 spiro atoms. The molecule has 0 bridgehead atoms. The standard InChI is InChI=1S/C14H19NO5S/c1-10-6-7-11(21(2,19)20)9-12(10)14(18)15-8-4-3-5-13(16)17/h6-7,9H,3-5,8H2,1-2H3,(H,15,18)(H,16,17). The number of nitrogens with one attached hydrogen (secondary N) is 1. The second kappa shape index (κ2) is 7.21. The van der Waals surface area contributed by atoms with Crippen molar-refractivity contribution >= 4 is 21.7 Å². The van der Waals surface area contributed by atoms with Gasteiger partial charge < -0.3 is 10.4 Å². The van der Waals surface area contributed by atoms with Gasteiger partial charge in [0.2, 0.25) is 0 Å². The first-order chi connectivity index (χ1) is 9.71. The van der Waals surface area contributed by atoms with Crippen molar-refractivity contribution in [1.29, 1.82) is 0 Å². The number of sulfone groups is 1. The molecule has 0 aliphatic heterocycles. The summed E-state index contributed by atoms with van der Waals surface area (Å²) in [6.07, 6.45) is 2.20. The Bertz CT molecular complexity index is 637. The predicted molar refractivity (Wildman–Crippen MR) is 78.1 cm³/mol. The lowest BCUT2D eigenvalue weighted by molar-refractivity contribution is -0.137. The van der Waals surface area contributed by atoms with Crippen LogP contribution in [0.3, 0.4) is 0 Å². The van der Waals surface area contributed by atoms with Gasteiger partial charge in [0.05, 0.1) is 4.90 Å². The molecule has 0 aliphatic rings. The van der Waals surface area contributed by atoms with Crippen LogP contribution >= 0.6 is 0 Å². The summed E-state index contributed by atoms with van der Waals surface area (Å²) < 4.78 is 23.0. The van der Waals surface area contributed by atoms with Gasteiger partial charge in [0.1, 0.15) is 0 Å². The summed E-state index contributed by atoms with van der Waals surface area (Å²) in [5.74, 6) is -1.22. The van der Waals surface area contributed by atoms with Crippen LogP contribution in [0, 0.1) is 6.92 Å². The third kappa shape index (κ3) is 5.55. The summed E-state index contributed by atoms with van der Waals surface area (Å²) in [5, 5.41) is 11.2. The van der Waals surface area contributed by atoms with Gasteiger partial charge in [-0.25, -0.2) is 8.42 Å². The molecule has 6 nitrogen and oxygen atoms in total. The minimum absolute atomic E-state index is 0.0679. The van der Waals surface area contributed by atoms with E-state index in [4.69, 9.17) is 5.11 Å². The third-order valence-corrected chi connectivity index (χ3v) is 4.10. The minimum atomic E-state index is -3.36. The molecule has 1 amide bonds. The first kappa shape index (κ1) is 17.2. The summed E-state index contributed by atoms with van der Waals surface area (Å²) in [6, 6.07) is 4.42. The first-order valence-electron chi connectivity index (χ1n) is 6.52. The molecule has 1 aromatic rings. The fourth-order valence-corrected chi connectivity index (χ4v) is 2.42. The number of carbonyl (C=O) groups is 2. The van der Waals surface area contributed by atoms with E-state index < -0.39 is 15.8 Å². The van der Waals surface area contributed by atoms with Crippen LogP contribution in [0.25, 0.3) is 0 Å². The Morgan fingerprint density at radius 1 is 1.24 bits per heavy atom. The number of unbranched alkanes of at least 4 members (excludes halogenated alkanes) is 1. The molecule has 1 rings (SSSR count). The zero-order valence-electron chi connectivity index (χ0n) is 12.0. The van der Waals surface area contributed by atoms with Crippen LogP contribution in [0.1, 0.15) is 35.2 Å². The molecule has 0 atom stereocenters. The van der Waals surface area contributed by atoms with E-state index >= 15 is 0 Å². The number of carboxylic acids is 1. The van der Waals surface area contributed by atoms with Crippen molar-refractivity contribution in [2.75, 3.05) is 12.8 Å².